The van der Waals surface area contributed by atoms with Crippen molar-refractivity contribution in [1.29, 1.82) is 0 Å². The van der Waals surface area contributed by atoms with Crippen LogP contribution in [0, 0.1) is 13.8 Å². The summed E-state index contributed by atoms with van der Waals surface area (Å²) >= 11 is 0. The fraction of sp³-hybridized carbons (Fsp3) is 0.500. The molecule has 7 heteroatoms. The molecule has 120 valence electrons. The average molecular weight is 323 g/mol. The number of halogens is 3. The minimum atomic E-state index is -2.88. The minimum Gasteiger partial charge on any atom is -0.434 e. The largest absolute Gasteiger partial charge is 0.434 e. The summed E-state index contributed by atoms with van der Waals surface area (Å²) in [5, 5.41) is 0. The standard InChI is InChI=1S/C14H20F2N2O2.ClH/c1-8-5-11(13(19)18(4)10(3)7-17)6-9(2)12(8)20-14(15)16;/h5-6,10,14H,7,17H2,1-4H3;1H. The van der Waals surface area contributed by atoms with Gasteiger partial charge in [0.25, 0.3) is 5.91 Å². The zero-order chi connectivity index (χ0) is 15.4. The molecule has 0 aliphatic rings. The van der Waals surface area contributed by atoms with Gasteiger partial charge in [0.2, 0.25) is 0 Å². The van der Waals surface area contributed by atoms with Crippen molar-refractivity contribution in [1.82, 2.24) is 4.90 Å². The van der Waals surface area contributed by atoms with Crippen molar-refractivity contribution in [3.05, 3.63) is 28.8 Å². The second-order valence-electron chi connectivity index (χ2n) is 4.82. The molecule has 1 unspecified atom stereocenters. The number of likely N-dealkylation sites (N-methyl/N-ethyl adjacent to an activating group) is 1. The average Bonchev–Trinajstić information content (AvgIpc) is 2.39. The quantitative estimate of drug-likeness (QED) is 0.907. The van der Waals surface area contributed by atoms with E-state index in [-0.39, 0.29) is 30.1 Å². The first-order chi connectivity index (χ1) is 9.27. The summed E-state index contributed by atoms with van der Waals surface area (Å²) < 4.78 is 29.1. The van der Waals surface area contributed by atoms with Gasteiger partial charge in [0.05, 0.1) is 0 Å². The number of ether oxygens (including phenoxy) is 1. The molecule has 0 saturated heterocycles. The van der Waals surface area contributed by atoms with E-state index in [0.29, 0.717) is 23.2 Å². The Morgan fingerprint density at radius 1 is 1.33 bits per heavy atom. The van der Waals surface area contributed by atoms with E-state index in [1.807, 2.05) is 6.92 Å². The zero-order valence-corrected chi connectivity index (χ0v) is 13.3. The maximum Gasteiger partial charge on any atom is 0.387 e. The number of hydrogen-bond acceptors (Lipinski definition) is 3. The fourth-order valence-corrected chi connectivity index (χ4v) is 1.91. The van der Waals surface area contributed by atoms with Crippen LogP contribution in [0.5, 0.6) is 5.75 Å². The molecular formula is C14H21ClF2N2O2. The Labute approximate surface area is 129 Å². The minimum absolute atomic E-state index is 0. The number of amides is 1. The van der Waals surface area contributed by atoms with Crippen LogP contribution in [0.25, 0.3) is 0 Å². The summed E-state index contributed by atoms with van der Waals surface area (Å²) in [6, 6.07) is 3.00. The number of nitrogens with two attached hydrogens (primary N) is 1. The van der Waals surface area contributed by atoms with E-state index in [4.69, 9.17) is 5.73 Å². The molecule has 21 heavy (non-hydrogen) atoms. The van der Waals surface area contributed by atoms with Crippen molar-refractivity contribution < 1.29 is 18.3 Å². The lowest BCUT2D eigenvalue weighted by Crippen LogP contribution is -2.39. The molecule has 4 nitrogen and oxygen atoms in total. The Hall–Kier alpha value is -1.40. The summed E-state index contributed by atoms with van der Waals surface area (Å²) in [5.41, 5.74) is 6.97. The number of aryl methyl sites for hydroxylation is 2. The highest BCUT2D eigenvalue weighted by Gasteiger charge is 2.19. The van der Waals surface area contributed by atoms with Gasteiger partial charge in [-0.15, -0.1) is 12.4 Å². The molecule has 1 atom stereocenters. The highest BCUT2D eigenvalue weighted by Crippen LogP contribution is 2.27. The summed E-state index contributed by atoms with van der Waals surface area (Å²) in [7, 11) is 1.66. The molecule has 0 spiro atoms. The van der Waals surface area contributed by atoms with Crippen LogP contribution in [0.15, 0.2) is 12.1 Å². The van der Waals surface area contributed by atoms with Crippen LogP contribution in [0.2, 0.25) is 0 Å². The van der Waals surface area contributed by atoms with Crippen LogP contribution >= 0.6 is 12.4 Å². The third-order valence-electron chi connectivity index (χ3n) is 3.24. The van der Waals surface area contributed by atoms with E-state index in [2.05, 4.69) is 4.74 Å². The van der Waals surface area contributed by atoms with Crippen LogP contribution in [0.4, 0.5) is 8.78 Å². The van der Waals surface area contributed by atoms with Gasteiger partial charge in [0.15, 0.2) is 0 Å². The van der Waals surface area contributed by atoms with Crippen LogP contribution in [0.3, 0.4) is 0 Å². The van der Waals surface area contributed by atoms with Gasteiger partial charge in [-0.2, -0.15) is 8.78 Å². The second-order valence-corrected chi connectivity index (χ2v) is 4.82. The normalized spacial score (nSPS) is 11.8. The number of nitrogens with zero attached hydrogens (tertiary/aromatic N) is 1. The molecule has 0 aromatic heterocycles. The molecule has 2 N–H and O–H groups in total. The molecule has 0 aliphatic carbocycles. The maximum absolute atomic E-state index is 12.3. The van der Waals surface area contributed by atoms with Gasteiger partial charge in [-0.1, -0.05) is 0 Å². The van der Waals surface area contributed by atoms with Gasteiger partial charge >= 0.3 is 6.61 Å². The van der Waals surface area contributed by atoms with E-state index in [0.717, 1.165) is 0 Å². The van der Waals surface area contributed by atoms with Crippen molar-refractivity contribution in [2.45, 2.75) is 33.4 Å². The molecular weight excluding hydrogens is 302 g/mol. The van der Waals surface area contributed by atoms with Crippen LogP contribution < -0.4 is 10.5 Å². The first-order valence-electron chi connectivity index (χ1n) is 6.31. The molecule has 0 heterocycles. The molecule has 0 radical (unpaired) electrons. The lowest BCUT2D eigenvalue weighted by atomic mass is 10.0. The Bertz CT molecular complexity index is 475. The van der Waals surface area contributed by atoms with Crippen molar-refractivity contribution in [2.75, 3.05) is 13.6 Å². The first-order valence-corrected chi connectivity index (χ1v) is 6.31. The van der Waals surface area contributed by atoms with E-state index < -0.39 is 6.61 Å². The molecule has 1 aromatic carbocycles. The lowest BCUT2D eigenvalue weighted by Gasteiger charge is -2.24. The molecule has 0 saturated carbocycles. The number of carbonyl (C=O) groups is 1. The van der Waals surface area contributed by atoms with Gasteiger partial charge in [0.1, 0.15) is 5.75 Å². The summed E-state index contributed by atoms with van der Waals surface area (Å²) in [6.07, 6.45) is 0. The van der Waals surface area contributed by atoms with Gasteiger partial charge in [-0.3, -0.25) is 4.79 Å². The van der Waals surface area contributed by atoms with Crippen molar-refractivity contribution in [3.63, 3.8) is 0 Å². The molecule has 1 amide bonds. The van der Waals surface area contributed by atoms with E-state index in [1.165, 1.54) is 4.90 Å². The summed E-state index contributed by atoms with van der Waals surface area (Å²) in [6.45, 7) is 2.58. The van der Waals surface area contributed by atoms with Crippen molar-refractivity contribution >= 4 is 18.3 Å². The highest BCUT2D eigenvalue weighted by molar-refractivity contribution is 5.95. The van der Waals surface area contributed by atoms with E-state index in [9.17, 15) is 13.6 Å². The van der Waals surface area contributed by atoms with Crippen LogP contribution in [0.1, 0.15) is 28.4 Å². The molecule has 1 rings (SSSR count). The Kier molecular flexibility index (Phi) is 7.60. The molecule has 1 aromatic rings. The monoisotopic (exact) mass is 322 g/mol. The van der Waals surface area contributed by atoms with E-state index in [1.54, 1.807) is 33.0 Å². The molecule has 0 bridgehead atoms. The van der Waals surface area contributed by atoms with Gasteiger partial charge < -0.3 is 15.4 Å². The SMILES string of the molecule is Cc1cc(C(=O)N(C)C(C)CN)cc(C)c1OC(F)F.Cl. The van der Waals surface area contributed by atoms with Crippen molar-refractivity contribution in [2.24, 2.45) is 5.73 Å². The Balaban J connectivity index is 0.00000400. The van der Waals surface area contributed by atoms with Crippen LogP contribution in [-0.4, -0.2) is 37.1 Å². The van der Waals surface area contributed by atoms with Crippen molar-refractivity contribution in [3.8, 4) is 5.75 Å². The lowest BCUT2D eigenvalue weighted by molar-refractivity contribution is -0.0507. The zero-order valence-electron chi connectivity index (χ0n) is 12.5. The molecule has 0 fully saturated rings. The first kappa shape index (κ1) is 19.6. The third-order valence-corrected chi connectivity index (χ3v) is 3.24. The number of carbonyl (C=O) groups excluding carboxylic acids is 1. The third kappa shape index (κ3) is 4.82. The smallest absolute Gasteiger partial charge is 0.387 e. The summed E-state index contributed by atoms with van der Waals surface area (Å²) in [4.78, 5) is 13.8. The number of hydrogen-bond donors (Lipinski definition) is 1. The predicted octanol–water partition coefficient (Wildman–Crippen LogP) is 2.75. The number of benzene rings is 1. The Morgan fingerprint density at radius 3 is 2.19 bits per heavy atom. The van der Waals surface area contributed by atoms with E-state index >= 15 is 0 Å². The van der Waals surface area contributed by atoms with Gasteiger partial charge in [-0.05, 0) is 44.0 Å². The predicted molar refractivity (Wildman–Crippen MR) is 80.4 cm³/mol. The van der Waals surface area contributed by atoms with Gasteiger partial charge in [-0.25, -0.2) is 0 Å². The number of alkyl halides is 2. The molecule has 0 aliphatic heterocycles. The van der Waals surface area contributed by atoms with Crippen LogP contribution in [-0.2, 0) is 0 Å². The topological polar surface area (TPSA) is 55.6 Å². The summed E-state index contributed by atoms with van der Waals surface area (Å²) in [5.74, 6) is -0.0798. The number of rotatable bonds is 5. The second kappa shape index (κ2) is 8.14. The Morgan fingerprint density at radius 2 is 1.81 bits per heavy atom. The fourth-order valence-electron chi connectivity index (χ4n) is 1.91. The maximum atomic E-state index is 12.3. The highest BCUT2D eigenvalue weighted by atomic mass is 35.5. The van der Waals surface area contributed by atoms with Gasteiger partial charge in [0, 0.05) is 25.2 Å².